The van der Waals surface area contributed by atoms with Crippen LogP contribution >= 0.6 is 0 Å². The molecule has 26 heavy (non-hydrogen) atoms. The molecule has 0 spiro atoms. The third kappa shape index (κ3) is 3.94. The summed E-state index contributed by atoms with van der Waals surface area (Å²) >= 11 is 0. The highest BCUT2D eigenvalue weighted by Gasteiger charge is 2.18. The summed E-state index contributed by atoms with van der Waals surface area (Å²) in [4.78, 5) is -0.929. The van der Waals surface area contributed by atoms with Gasteiger partial charge in [0, 0.05) is 0 Å². The molecule has 0 aromatic heterocycles. The van der Waals surface area contributed by atoms with Crippen LogP contribution in [0.1, 0.15) is 0 Å². The Morgan fingerprint density at radius 3 is 2.00 bits per heavy atom. The highest BCUT2D eigenvalue weighted by molar-refractivity contribution is 7.86. The SMILES string of the molecule is O=S(=O)(O)c1ccc2cc(N=Nc3ccccc3)c(S(=O)(=O)O)cc2c1. The van der Waals surface area contributed by atoms with E-state index in [0.29, 0.717) is 11.1 Å². The number of rotatable bonds is 4. The molecular weight excluding hydrogens is 380 g/mol. The molecule has 0 aliphatic rings. The van der Waals surface area contributed by atoms with E-state index in [2.05, 4.69) is 10.2 Å². The molecule has 0 radical (unpaired) electrons. The van der Waals surface area contributed by atoms with Gasteiger partial charge in [-0.15, -0.1) is 5.11 Å². The van der Waals surface area contributed by atoms with Crippen molar-refractivity contribution < 1.29 is 25.9 Å². The molecule has 3 rings (SSSR count). The molecule has 0 aliphatic carbocycles. The highest BCUT2D eigenvalue weighted by atomic mass is 32.2. The number of nitrogens with zero attached hydrogens (tertiary/aromatic N) is 2. The van der Waals surface area contributed by atoms with E-state index in [-0.39, 0.29) is 11.1 Å². The topological polar surface area (TPSA) is 133 Å². The van der Waals surface area contributed by atoms with Gasteiger partial charge in [-0.25, -0.2) is 0 Å². The quantitative estimate of drug-likeness (QED) is 0.513. The Morgan fingerprint density at radius 2 is 1.38 bits per heavy atom. The first kappa shape index (κ1) is 18.1. The van der Waals surface area contributed by atoms with Gasteiger partial charge in [-0.3, -0.25) is 9.11 Å². The molecule has 0 atom stereocenters. The Bertz CT molecular complexity index is 1220. The summed E-state index contributed by atoms with van der Waals surface area (Å²) in [5, 5.41) is 8.45. The van der Waals surface area contributed by atoms with E-state index in [1.807, 2.05) is 0 Å². The third-order valence-electron chi connectivity index (χ3n) is 3.49. The average Bonchev–Trinajstić information content (AvgIpc) is 2.58. The van der Waals surface area contributed by atoms with Gasteiger partial charge in [0.05, 0.1) is 10.6 Å². The van der Waals surface area contributed by atoms with Gasteiger partial charge in [0.1, 0.15) is 10.6 Å². The van der Waals surface area contributed by atoms with Crippen LogP contribution in [-0.2, 0) is 20.2 Å². The molecular formula is C16H12N2O6S2. The molecule has 2 N–H and O–H groups in total. The average molecular weight is 392 g/mol. The Labute approximate surface area is 149 Å². The van der Waals surface area contributed by atoms with Gasteiger partial charge >= 0.3 is 0 Å². The van der Waals surface area contributed by atoms with Crippen LogP contribution in [-0.4, -0.2) is 25.9 Å². The maximum Gasteiger partial charge on any atom is 0.296 e. The predicted molar refractivity (Wildman–Crippen MR) is 94.2 cm³/mol. The van der Waals surface area contributed by atoms with Gasteiger partial charge in [-0.05, 0) is 47.2 Å². The zero-order chi connectivity index (χ0) is 18.9. The maximum absolute atomic E-state index is 11.7. The highest BCUT2D eigenvalue weighted by Crippen LogP contribution is 2.32. The summed E-state index contributed by atoms with van der Waals surface area (Å²) in [6.07, 6.45) is 0. The van der Waals surface area contributed by atoms with Crippen LogP contribution < -0.4 is 0 Å². The van der Waals surface area contributed by atoms with E-state index in [9.17, 15) is 21.4 Å². The van der Waals surface area contributed by atoms with Gasteiger partial charge in [0.2, 0.25) is 0 Å². The van der Waals surface area contributed by atoms with Gasteiger partial charge in [0.15, 0.2) is 0 Å². The Kier molecular flexibility index (Phi) is 4.59. The Balaban J connectivity index is 2.20. The van der Waals surface area contributed by atoms with E-state index in [4.69, 9.17) is 4.55 Å². The third-order valence-corrected chi connectivity index (χ3v) is 5.23. The van der Waals surface area contributed by atoms with Crippen molar-refractivity contribution in [2.45, 2.75) is 9.79 Å². The number of hydrogen-bond acceptors (Lipinski definition) is 6. The van der Waals surface area contributed by atoms with E-state index in [1.165, 1.54) is 18.2 Å². The standard InChI is InChI=1S/C16H12N2O6S2/c19-25(20,21)14-7-6-11-9-15(18-17-13-4-2-1-3-5-13)16(26(22,23)24)10-12(11)8-14/h1-10H,(H,19,20,21)(H,22,23,24). The number of azo groups is 1. The van der Waals surface area contributed by atoms with Crippen molar-refractivity contribution >= 4 is 42.4 Å². The zero-order valence-corrected chi connectivity index (χ0v) is 14.6. The van der Waals surface area contributed by atoms with Crippen LogP contribution in [0, 0.1) is 0 Å². The molecule has 3 aromatic carbocycles. The van der Waals surface area contributed by atoms with Crippen LogP contribution in [0.5, 0.6) is 0 Å². The van der Waals surface area contributed by atoms with Crippen LogP contribution in [0.25, 0.3) is 10.8 Å². The fraction of sp³-hybridized carbons (Fsp3) is 0. The summed E-state index contributed by atoms with van der Waals surface area (Å²) in [5.74, 6) is 0. The molecule has 8 nitrogen and oxygen atoms in total. The second-order valence-corrected chi connectivity index (χ2v) is 8.13. The summed E-state index contributed by atoms with van der Waals surface area (Å²) < 4.78 is 64.4. The van der Waals surface area contributed by atoms with E-state index in [1.54, 1.807) is 30.3 Å². The van der Waals surface area contributed by atoms with Crippen molar-refractivity contribution in [1.29, 1.82) is 0 Å². The minimum absolute atomic E-state index is 0.108. The monoisotopic (exact) mass is 392 g/mol. The molecule has 0 fully saturated rings. The fourth-order valence-corrected chi connectivity index (χ4v) is 3.45. The number of hydrogen-bond donors (Lipinski definition) is 2. The van der Waals surface area contributed by atoms with Crippen molar-refractivity contribution in [3.8, 4) is 0 Å². The van der Waals surface area contributed by atoms with Crippen molar-refractivity contribution in [2.24, 2.45) is 10.2 Å². The van der Waals surface area contributed by atoms with E-state index < -0.39 is 30.0 Å². The maximum atomic E-state index is 11.7. The number of fused-ring (bicyclic) bond motifs is 1. The zero-order valence-electron chi connectivity index (χ0n) is 13.0. The molecule has 0 unspecified atom stereocenters. The lowest BCUT2D eigenvalue weighted by Crippen LogP contribution is -2.00. The number of benzene rings is 3. The second-order valence-electron chi connectivity index (χ2n) is 5.31. The normalized spacial score (nSPS) is 12.7. The molecule has 0 bridgehead atoms. The summed E-state index contributed by atoms with van der Waals surface area (Å²) in [5.41, 5.74) is 0.374. The minimum atomic E-state index is -4.64. The van der Waals surface area contributed by atoms with Crippen molar-refractivity contribution in [2.75, 3.05) is 0 Å². The lowest BCUT2D eigenvalue weighted by molar-refractivity contribution is 0.481. The fourth-order valence-electron chi connectivity index (χ4n) is 2.29. The van der Waals surface area contributed by atoms with E-state index >= 15 is 0 Å². The predicted octanol–water partition coefficient (Wildman–Crippen LogP) is 3.75. The molecule has 0 amide bonds. The first-order valence-electron chi connectivity index (χ1n) is 7.14. The summed E-state index contributed by atoms with van der Waals surface area (Å²) in [7, 11) is -9.10. The molecule has 0 saturated heterocycles. The van der Waals surface area contributed by atoms with Gasteiger partial charge < -0.3 is 0 Å². The van der Waals surface area contributed by atoms with Crippen molar-refractivity contribution in [3.63, 3.8) is 0 Å². The van der Waals surface area contributed by atoms with Gasteiger partial charge in [0.25, 0.3) is 20.2 Å². The lowest BCUT2D eigenvalue weighted by Gasteiger charge is -2.06. The first-order chi connectivity index (χ1) is 12.1. The molecule has 0 saturated carbocycles. The molecule has 134 valence electrons. The largest absolute Gasteiger partial charge is 0.296 e. The Morgan fingerprint density at radius 1 is 0.692 bits per heavy atom. The smallest absolute Gasteiger partial charge is 0.282 e. The summed E-state index contributed by atoms with van der Waals surface area (Å²) in [6, 6.07) is 14.6. The molecule has 0 aliphatic heterocycles. The first-order valence-corrected chi connectivity index (χ1v) is 10.0. The molecule has 10 heteroatoms. The van der Waals surface area contributed by atoms with Crippen LogP contribution in [0.4, 0.5) is 11.4 Å². The van der Waals surface area contributed by atoms with Gasteiger partial charge in [-0.2, -0.15) is 21.9 Å². The van der Waals surface area contributed by atoms with Crippen molar-refractivity contribution in [1.82, 2.24) is 0 Å². The van der Waals surface area contributed by atoms with Crippen LogP contribution in [0.2, 0.25) is 0 Å². The lowest BCUT2D eigenvalue weighted by atomic mass is 10.1. The van der Waals surface area contributed by atoms with Crippen molar-refractivity contribution in [3.05, 3.63) is 60.7 Å². The van der Waals surface area contributed by atoms with E-state index in [0.717, 1.165) is 12.1 Å². The van der Waals surface area contributed by atoms with Gasteiger partial charge in [-0.1, -0.05) is 24.3 Å². The van der Waals surface area contributed by atoms with Crippen LogP contribution in [0.3, 0.4) is 0 Å². The van der Waals surface area contributed by atoms with Crippen LogP contribution in [0.15, 0.2) is 80.7 Å². The minimum Gasteiger partial charge on any atom is -0.282 e. The second kappa shape index (κ2) is 6.57. The molecule has 3 aromatic rings. The molecule has 0 heterocycles. The Hall–Kier alpha value is -2.66. The summed E-state index contributed by atoms with van der Waals surface area (Å²) in [6.45, 7) is 0.